The maximum atomic E-state index is 9.41. The number of benzene rings is 1. The van der Waals surface area contributed by atoms with Gasteiger partial charge in [0.2, 0.25) is 0 Å². The van der Waals surface area contributed by atoms with Crippen molar-refractivity contribution in [3.8, 4) is 0 Å². The van der Waals surface area contributed by atoms with Crippen molar-refractivity contribution in [1.29, 1.82) is 0 Å². The normalized spacial score (nSPS) is 15.3. The molecule has 1 unspecified atom stereocenters. The monoisotopic (exact) mass is 208 g/mol. The number of nitrogens with two attached hydrogens (primary N) is 1. The van der Waals surface area contributed by atoms with Crippen molar-refractivity contribution >= 4 is 0 Å². The smallest absolute Gasteiger partial charge is 0.0656 e. The van der Waals surface area contributed by atoms with Crippen LogP contribution in [0.3, 0.4) is 0 Å². The number of aliphatic hydroxyl groups excluding tert-OH is 1. The molecule has 3 heteroatoms. The van der Waals surface area contributed by atoms with Gasteiger partial charge in [-0.05, 0) is 32.6 Å². The van der Waals surface area contributed by atoms with Crippen LogP contribution in [0.5, 0.6) is 0 Å². The minimum Gasteiger partial charge on any atom is -0.394 e. The molecule has 0 aliphatic rings. The van der Waals surface area contributed by atoms with Crippen LogP contribution in [0.2, 0.25) is 0 Å². The van der Waals surface area contributed by atoms with E-state index in [0.29, 0.717) is 0 Å². The number of hydrogen-bond donors (Lipinski definition) is 2. The van der Waals surface area contributed by atoms with Crippen LogP contribution < -0.4 is 5.73 Å². The molecule has 0 aromatic heterocycles. The van der Waals surface area contributed by atoms with Crippen molar-refractivity contribution in [2.75, 3.05) is 27.2 Å². The zero-order valence-corrected chi connectivity index (χ0v) is 9.48. The molecule has 0 aliphatic heterocycles. The van der Waals surface area contributed by atoms with E-state index < -0.39 is 5.54 Å². The van der Waals surface area contributed by atoms with E-state index in [9.17, 15) is 5.11 Å². The summed E-state index contributed by atoms with van der Waals surface area (Å²) in [5, 5.41) is 9.41. The van der Waals surface area contributed by atoms with Gasteiger partial charge in [-0.25, -0.2) is 0 Å². The molecular weight excluding hydrogens is 188 g/mol. The molecule has 15 heavy (non-hydrogen) atoms. The Morgan fingerprint density at radius 3 is 2.33 bits per heavy atom. The van der Waals surface area contributed by atoms with Crippen LogP contribution in [0.4, 0.5) is 0 Å². The summed E-state index contributed by atoms with van der Waals surface area (Å²) < 4.78 is 0. The van der Waals surface area contributed by atoms with Crippen LogP contribution in [0.15, 0.2) is 30.3 Å². The highest BCUT2D eigenvalue weighted by Crippen LogP contribution is 2.21. The molecule has 0 amide bonds. The van der Waals surface area contributed by atoms with Crippen molar-refractivity contribution < 1.29 is 5.11 Å². The van der Waals surface area contributed by atoms with E-state index in [0.717, 1.165) is 18.5 Å². The van der Waals surface area contributed by atoms with Gasteiger partial charge in [0.25, 0.3) is 0 Å². The van der Waals surface area contributed by atoms with Crippen molar-refractivity contribution in [2.24, 2.45) is 5.73 Å². The summed E-state index contributed by atoms with van der Waals surface area (Å²) >= 11 is 0. The summed E-state index contributed by atoms with van der Waals surface area (Å²) in [4.78, 5) is 2.07. The van der Waals surface area contributed by atoms with E-state index in [4.69, 9.17) is 5.73 Å². The fourth-order valence-electron chi connectivity index (χ4n) is 1.51. The minimum absolute atomic E-state index is 0.0230. The van der Waals surface area contributed by atoms with Gasteiger partial charge < -0.3 is 15.7 Å². The maximum absolute atomic E-state index is 9.41. The molecule has 1 aromatic rings. The second-order valence-electron chi connectivity index (χ2n) is 4.23. The average Bonchev–Trinajstić information content (AvgIpc) is 2.27. The Morgan fingerprint density at radius 2 is 1.87 bits per heavy atom. The van der Waals surface area contributed by atoms with Crippen LogP contribution in [0.1, 0.15) is 12.0 Å². The lowest BCUT2D eigenvalue weighted by Gasteiger charge is -2.29. The first-order chi connectivity index (χ1) is 7.08. The van der Waals surface area contributed by atoms with Crippen molar-refractivity contribution in [1.82, 2.24) is 4.90 Å². The minimum atomic E-state index is -0.620. The Labute approximate surface area is 91.5 Å². The van der Waals surface area contributed by atoms with E-state index in [2.05, 4.69) is 4.90 Å². The third kappa shape index (κ3) is 3.30. The van der Waals surface area contributed by atoms with E-state index >= 15 is 0 Å². The lowest BCUT2D eigenvalue weighted by Crippen LogP contribution is -2.42. The standard InChI is InChI=1S/C12H20N2O/c1-14(2)9-8-12(13,10-15)11-6-4-3-5-7-11/h3-7,15H,8-10,13H2,1-2H3. The van der Waals surface area contributed by atoms with E-state index in [1.165, 1.54) is 0 Å². The molecule has 0 saturated heterocycles. The van der Waals surface area contributed by atoms with Gasteiger partial charge in [0.05, 0.1) is 12.1 Å². The number of aliphatic hydroxyl groups is 1. The maximum Gasteiger partial charge on any atom is 0.0656 e. The fourth-order valence-corrected chi connectivity index (χ4v) is 1.51. The van der Waals surface area contributed by atoms with Crippen LogP contribution in [-0.4, -0.2) is 37.3 Å². The molecule has 0 bridgehead atoms. The van der Waals surface area contributed by atoms with Crippen LogP contribution in [0.25, 0.3) is 0 Å². The number of nitrogens with zero attached hydrogens (tertiary/aromatic N) is 1. The van der Waals surface area contributed by atoms with Gasteiger partial charge in [-0.3, -0.25) is 0 Å². The molecule has 0 fully saturated rings. The van der Waals surface area contributed by atoms with Crippen molar-refractivity contribution in [3.63, 3.8) is 0 Å². The molecule has 0 spiro atoms. The molecule has 0 radical (unpaired) electrons. The second-order valence-corrected chi connectivity index (χ2v) is 4.23. The first-order valence-corrected chi connectivity index (χ1v) is 5.18. The molecule has 0 heterocycles. The Balaban J connectivity index is 2.76. The molecule has 3 nitrogen and oxygen atoms in total. The van der Waals surface area contributed by atoms with E-state index in [-0.39, 0.29) is 6.61 Å². The molecule has 1 atom stereocenters. The Kier molecular flexibility index (Phi) is 4.27. The predicted octanol–water partition coefficient (Wildman–Crippen LogP) is 0.785. The Hall–Kier alpha value is -0.900. The SMILES string of the molecule is CN(C)CCC(N)(CO)c1ccccc1. The zero-order chi connectivity index (χ0) is 11.3. The van der Waals surface area contributed by atoms with Crippen LogP contribution >= 0.6 is 0 Å². The molecule has 0 saturated carbocycles. The Morgan fingerprint density at radius 1 is 1.27 bits per heavy atom. The topological polar surface area (TPSA) is 49.5 Å². The third-order valence-corrected chi connectivity index (χ3v) is 2.64. The summed E-state index contributed by atoms with van der Waals surface area (Å²) in [6, 6.07) is 9.77. The lowest BCUT2D eigenvalue weighted by molar-refractivity contribution is 0.176. The third-order valence-electron chi connectivity index (χ3n) is 2.64. The van der Waals surface area contributed by atoms with Gasteiger partial charge in [0.15, 0.2) is 0 Å². The highest BCUT2D eigenvalue weighted by Gasteiger charge is 2.25. The average molecular weight is 208 g/mol. The summed E-state index contributed by atoms with van der Waals surface area (Å²) in [5.74, 6) is 0. The first-order valence-electron chi connectivity index (χ1n) is 5.18. The van der Waals surface area contributed by atoms with Crippen LogP contribution in [-0.2, 0) is 5.54 Å². The van der Waals surface area contributed by atoms with Gasteiger partial charge in [-0.2, -0.15) is 0 Å². The van der Waals surface area contributed by atoms with Gasteiger partial charge in [-0.1, -0.05) is 30.3 Å². The fraction of sp³-hybridized carbons (Fsp3) is 0.500. The summed E-state index contributed by atoms with van der Waals surface area (Å²) in [6.07, 6.45) is 0.751. The number of hydrogen-bond acceptors (Lipinski definition) is 3. The van der Waals surface area contributed by atoms with Gasteiger partial charge in [-0.15, -0.1) is 0 Å². The Bertz CT molecular complexity index is 287. The molecule has 3 N–H and O–H groups in total. The zero-order valence-electron chi connectivity index (χ0n) is 9.48. The predicted molar refractivity (Wildman–Crippen MR) is 62.6 cm³/mol. The quantitative estimate of drug-likeness (QED) is 0.752. The summed E-state index contributed by atoms with van der Waals surface area (Å²) in [6.45, 7) is 0.844. The van der Waals surface area contributed by atoms with Gasteiger partial charge in [0.1, 0.15) is 0 Å². The van der Waals surface area contributed by atoms with Crippen molar-refractivity contribution in [2.45, 2.75) is 12.0 Å². The highest BCUT2D eigenvalue weighted by molar-refractivity contribution is 5.24. The largest absolute Gasteiger partial charge is 0.394 e. The molecule has 84 valence electrons. The number of rotatable bonds is 5. The second kappa shape index (κ2) is 5.26. The molecular formula is C12H20N2O. The van der Waals surface area contributed by atoms with E-state index in [1.807, 2.05) is 44.4 Å². The molecule has 1 rings (SSSR count). The van der Waals surface area contributed by atoms with Crippen LogP contribution in [0, 0.1) is 0 Å². The van der Waals surface area contributed by atoms with Gasteiger partial charge >= 0.3 is 0 Å². The van der Waals surface area contributed by atoms with Gasteiger partial charge in [0, 0.05) is 0 Å². The lowest BCUT2D eigenvalue weighted by atomic mass is 9.88. The van der Waals surface area contributed by atoms with Crippen molar-refractivity contribution in [3.05, 3.63) is 35.9 Å². The summed E-state index contributed by atoms with van der Waals surface area (Å²) in [5.41, 5.74) is 6.57. The molecule has 0 aliphatic carbocycles. The summed E-state index contributed by atoms with van der Waals surface area (Å²) in [7, 11) is 4.01. The highest BCUT2D eigenvalue weighted by atomic mass is 16.3. The first kappa shape index (κ1) is 12.2. The van der Waals surface area contributed by atoms with E-state index in [1.54, 1.807) is 0 Å². The molecule has 1 aromatic carbocycles.